The Hall–Kier alpha value is -1.46. The van der Waals surface area contributed by atoms with Crippen molar-refractivity contribution < 1.29 is 14.3 Å². The van der Waals surface area contributed by atoms with Crippen LogP contribution in [0.3, 0.4) is 0 Å². The van der Waals surface area contributed by atoms with Gasteiger partial charge in [0.15, 0.2) is 0 Å². The molecule has 4 nitrogen and oxygen atoms in total. The summed E-state index contributed by atoms with van der Waals surface area (Å²) in [6, 6.07) is 6.45. The van der Waals surface area contributed by atoms with E-state index in [1.54, 1.807) is 18.2 Å². The number of hydrogen-bond acceptors (Lipinski definition) is 3. The molecule has 122 valence electrons. The van der Waals surface area contributed by atoms with Crippen molar-refractivity contribution in [2.24, 2.45) is 5.92 Å². The average Bonchev–Trinajstić information content (AvgIpc) is 2.52. The van der Waals surface area contributed by atoms with Gasteiger partial charge < -0.3 is 15.7 Å². The Morgan fingerprint density at radius 3 is 2.91 bits per heavy atom. The Bertz CT molecular complexity index is 503. The highest BCUT2D eigenvalue weighted by Crippen LogP contribution is 2.38. The Balaban J connectivity index is 2.16. The molecule has 22 heavy (non-hydrogen) atoms. The molecular weight excluding hydrogens is 283 g/mol. The smallest absolute Gasteiger partial charge is 0.216 e. The molecule has 0 saturated carbocycles. The van der Waals surface area contributed by atoms with Crippen molar-refractivity contribution in [1.29, 1.82) is 0 Å². The maximum absolute atomic E-state index is 14.2. The third-order valence-electron chi connectivity index (χ3n) is 4.42. The van der Waals surface area contributed by atoms with Crippen molar-refractivity contribution in [3.8, 4) is 0 Å². The molecule has 1 aliphatic rings. The quantitative estimate of drug-likeness (QED) is 0.704. The number of aliphatic hydroxyl groups is 1. The SMILES string of the molecule is CC(=O)NCCCC(O)(c1ccccc1F)[C@@H]1CCCNC1. The van der Waals surface area contributed by atoms with Gasteiger partial charge in [-0.15, -0.1) is 0 Å². The Kier molecular flexibility index (Phi) is 5.91. The van der Waals surface area contributed by atoms with E-state index in [2.05, 4.69) is 10.6 Å². The molecule has 1 saturated heterocycles. The maximum Gasteiger partial charge on any atom is 0.216 e. The monoisotopic (exact) mass is 308 g/mol. The molecule has 2 atom stereocenters. The number of nitrogens with one attached hydrogen (secondary N) is 2. The van der Waals surface area contributed by atoms with Gasteiger partial charge in [0.25, 0.3) is 0 Å². The summed E-state index contributed by atoms with van der Waals surface area (Å²) < 4.78 is 14.2. The minimum absolute atomic E-state index is 0.0181. The van der Waals surface area contributed by atoms with Gasteiger partial charge in [0.2, 0.25) is 5.91 Å². The van der Waals surface area contributed by atoms with Gasteiger partial charge in [0.05, 0.1) is 5.60 Å². The topological polar surface area (TPSA) is 61.4 Å². The first-order valence-corrected chi connectivity index (χ1v) is 7.96. The number of halogens is 1. The highest BCUT2D eigenvalue weighted by atomic mass is 19.1. The van der Waals surface area contributed by atoms with Crippen LogP contribution in [0.5, 0.6) is 0 Å². The Morgan fingerprint density at radius 1 is 1.50 bits per heavy atom. The Labute approximate surface area is 131 Å². The van der Waals surface area contributed by atoms with Crippen LogP contribution in [0.2, 0.25) is 0 Å². The second-order valence-corrected chi connectivity index (χ2v) is 6.03. The molecule has 5 heteroatoms. The first kappa shape index (κ1) is 16.9. The summed E-state index contributed by atoms with van der Waals surface area (Å²) in [6.07, 6.45) is 2.90. The van der Waals surface area contributed by atoms with Gasteiger partial charge in [0, 0.05) is 31.5 Å². The molecule has 0 radical (unpaired) electrons. The van der Waals surface area contributed by atoms with E-state index in [1.807, 2.05) is 0 Å². The zero-order chi connectivity index (χ0) is 16.0. The lowest BCUT2D eigenvalue weighted by Crippen LogP contribution is -2.45. The van der Waals surface area contributed by atoms with Crippen LogP contribution in [0.15, 0.2) is 24.3 Å². The van der Waals surface area contributed by atoms with E-state index >= 15 is 0 Å². The summed E-state index contributed by atoms with van der Waals surface area (Å²) in [6.45, 7) is 3.58. The first-order chi connectivity index (χ1) is 10.5. The van der Waals surface area contributed by atoms with Crippen molar-refractivity contribution in [3.05, 3.63) is 35.6 Å². The minimum atomic E-state index is -1.20. The number of amides is 1. The molecular formula is C17H25FN2O2. The average molecular weight is 308 g/mol. The number of rotatable bonds is 6. The number of benzene rings is 1. The molecule has 1 fully saturated rings. The van der Waals surface area contributed by atoms with E-state index in [1.165, 1.54) is 13.0 Å². The molecule has 1 unspecified atom stereocenters. The van der Waals surface area contributed by atoms with Crippen LogP contribution < -0.4 is 10.6 Å². The van der Waals surface area contributed by atoms with E-state index in [0.717, 1.165) is 19.4 Å². The fourth-order valence-corrected chi connectivity index (χ4v) is 3.25. The molecule has 0 aromatic heterocycles. The molecule has 1 aliphatic heterocycles. The largest absolute Gasteiger partial charge is 0.385 e. The van der Waals surface area contributed by atoms with Gasteiger partial charge in [-0.3, -0.25) is 4.79 Å². The molecule has 1 amide bonds. The lowest BCUT2D eigenvalue weighted by molar-refractivity contribution is -0.119. The zero-order valence-electron chi connectivity index (χ0n) is 13.1. The van der Waals surface area contributed by atoms with Gasteiger partial charge in [0.1, 0.15) is 5.82 Å². The predicted molar refractivity (Wildman–Crippen MR) is 83.8 cm³/mol. The van der Waals surface area contributed by atoms with Gasteiger partial charge in [-0.2, -0.15) is 0 Å². The second-order valence-electron chi connectivity index (χ2n) is 6.03. The molecule has 2 rings (SSSR count). The lowest BCUT2D eigenvalue weighted by atomic mass is 9.74. The summed E-state index contributed by atoms with van der Waals surface area (Å²) >= 11 is 0. The Morgan fingerprint density at radius 2 is 2.27 bits per heavy atom. The highest BCUT2D eigenvalue weighted by molar-refractivity contribution is 5.72. The van der Waals surface area contributed by atoms with Crippen LogP contribution in [0, 0.1) is 11.7 Å². The van der Waals surface area contributed by atoms with Gasteiger partial charge in [-0.25, -0.2) is 4.39 Å². The lowest BCUT2D eigenvalue weighted by Gasteiger charge is -2.39. The number of hydrogen-bond donors (Lipinski definition) is 3. The maximum atomic E-state index is 14.2. The fraction of sp³-hybridized carbons (Fsp3) is 0.588. The predicted octanol–water partition coefficient (Wildman–Crippen LogP) is 1.93. The zero-order valence-corrected chi connectivity index (χ0v) is 13.1. The summed E-state index contributed by atoms with van der Waals surface area (Å²) in [4.78, 5) is 11.0. The van der Waals surface area contributed by atoms with Crippen molar-refractivity contribution in [2.75, 3.05) is 19.6 Å². The van der Waals surface area contributed by atoms with Crippen LogP contribution in [-0.4, -0.2) is 30.6 Å². The molecule has 1 aromatic carbocycles. The van der Waals surface area contributed by atoms with Crippen LogP contribution >= 0.6 is 0 Å². The normalized spacial score (nSPS) is 21.1. The molecule has 0 bridgehead atoms. The van der Waals surface area contributed by atoms with Crippen LogP contribution in [0.1, 0.15) is 38.2 Å². The van der Waals surface area contributed by atoms with Crippen molar-refractivity contribution in [3.63, 3.8) is 0 Å². The van der Waals surface area contributed by atoms with Crippen molar-refractivity contribution >= 4 is 5.91 Å². The molecule has 3 N–H and O–H groups in total. The highest BCUT2D eigenvalue weighted by Gasteiger charge is 2.40. The van der Waals surface area contributed by atoms with E-state index in [9.17, 15) is 14.3 Å². The van der Waals surface area contributed by atoms with Crippen LogP contribution in [0.25, 0.3) is 0 Å². The van der Waals surface area contributed by atoms with E-state index in [0.29, 0.717) is 31.5 Å². The van der Waals surface area contributed by atoms with Crippen molar-refractivity contribution in [2.45, 2.75) is 38.2 Å². The third kappa shape index (κ3) is 4.05. The minimum Gasteiger partial charge on any atom is -0.385 e. The fourth-order valence-electron chi connectivity index (χ4n) is 3.25. The number of carbonyl (C=O) groups excluding carboxylic acids is 1. The van der Waals surface area contributed by atoms with E-state index in [4.69, 9.17) is 0 Å². The van der Waals surface area contributed by atoms with Gasteiger partial charge >= 0.3 is 0 Å². The third-order valence-corrected chi connectivity index (χ3v) is 4.42. The van der Waals surface area contributed by atoms with Crippen molar-refractivity contribution in [1.82, 2.24) is 10.6 Å². The first-order valence-electron chi connectivity index (χ1n) is 7.96. The van der Waals surface area contributed by atoms with Gasteiger partial charge in [-0.1, -0.05) is 18.2 Å². The van der Waals surface area contributed by atoms with Gasteiger partial charge in [-0.05, 0) is 38.3 Å². The summed E-state index contributed by atoms with van der Waals surface area (Å²) in [7, 11) is 0. The summed E-state index contributed by atoms with van der Waals surface area (Å²) in [5.74, 6) is -0.473. The van der Waals surface area contributed by atoms with E-state index in [-0.39, 0.29) is 17.6 Å². The molecule has 0 spiro atoms. The summed E-state index contributed by atoms with van der Waals surface area (Å²) in [5, 5.41) is 17.3. The molecule has 1 heterocycles. The molecule has 1 aromatic rings. The standard InChI is InChI=1S/C17H25FN2O2/c1-13(21)20-11-5-9-17(22,14-6-4-10-19-12-14)15-7-2-3-8-16(15)18/h2-3,7-8,14,19,22H,4-6,9-12H2,1H3,(H,20,21)/t14-,17?/m1/s1. The second kappa shape index (κ2) is 7.70. The van der Waals surface area contributed by atoms with Crippen LogP contribution in [-0.2, 0) is 10.4 Å². The summed E-state index contributed by atoms with van der Waals surface area (Å²) in [5.41, 5.74) is -0.830. The van der Waals surface area contributed by atoms with E-state index < -0.39 is 5.60 Å². The van der Waals surface area contributed by atoms with Crippen LogP contribution in [0.4, 0.5) is 4.39 Å². The molecule has 0 aliphatic carbocycles. The number of carbonyl (C=O) groups is 1. The number of piperidine rings is 1.